The zero-order chi connectivity index (χ0) is 12.4. The molecular weight excluding hydrogens is 226 g/mol. The molecule has 3 rings (SSSR count). The van der Waals surface area contributed by atoms with E-state index in [1.165, 1.54) is 0 Å². The molecule has 0 radical (unpaired) electrons. The van der Waals surface area contributed by atoms with Crippen molar-refractivity contribution in [2.75, 3.05) is 0 Å². The Balaban J connectivity index is 2.07. The van der Waals surface area contributed by atoms with E-state index in [2.05, 4.69) is 9.97 Å². The summed E-state index contributed by atoms with van der Waals surface area (Å²) in [5, 5.41) is 1.10. The number of fused-ring (bicyclic) bond motifs is 1. The second-order valence-electron chi connectivity index (χ2n) is 4.02. The fourth-order valence-corrected chi connectivity index (χ4v) is 2.05. The predicted molar refractivity (Wildman–Crippen MR) is 68.5 cm³/mol. The third kappa shape index (κ3) is 1.78. The molecule has 0 aliphatic rings. The molecule has 2 aromatic heterocycles. The zero-order valence-corrected chi connectivity index (χ0v) is 9.65. The number of benzene rings is 1. The van der Waals surface area contributed by atoms with E-state index in [0.29, 0.717) is 12.4 Å². The van der Waals surface area contributed by atoms with Crippen molar-refractivity contribution in [1.82, 2.24) is 14.5 Å². The van der Waals surface area contributed by atoms with Gasteiger partial charge < -0.3 is 4.57 Å². The average molecular weight is 237 g/mol. The van der Waals surface area contributed by atoms with E-state index in [-0.39, 0.29) is 0 Å². The molecule has 3 aromatic rings. The summed E-state index contributed by atoms with van der Waals surface area (Å²) in [6.07, 6.45) is 5.99. The summed E-state index contributed by atoms with van der Waals surface area (Å²) < 4.78 is 1.83. The van der Waals surface area contributed by atoms with Crippen molar-refractivity contribution < 1.29 is 4.79 Å². The molecule has 1 aromatic carbocycles. The van der Waals surface area contributed by atoms with E-state index in [1.807, 2.05) is 34.9 Å². The lowest BCUT2D eigenvalue weighted by molar-refractivity contribution is 0.111. The van der Waals surface area contributed by atoms with Crippen LogP contribution in [0, 0.1) is 0 Å². The Kier molecular flexibility index (Phi) is 2.61. The number of hydrogen-bond acceptors (Lipinski definition) is 3. The van der Waals surface area contributed by atoms with Gasteiger partial charge in [0, 0.05) is 30.5 Å². The molecular formula is C14H11N3O. The van der Waals surface area contributed by atoms with Gasteiger partial charge in [0.2, 0.25) is 0 Å². The van der Waals surface area contributed by atoms with Crippen molar-refractivity contribution >= 4 is 17.2 Å². The number of nitrogens with zero attached hydrogens (tertiary/aromatic N) is 3. The predicted octanol–water partition coefficient (Wildman–Crippen LogP) is 2.29. The van der Waals surface area contributed by atoms with E-state index in [4.69, 9.17) is 0 Å². The van der Waals surface area contributed by atoms with Crippen molar-refractivity contribution in [2.45, 2.75) is 6.54 Å². The highest BCUT2D eigenvalue weighted by Gasteiger charge is 2.05. The lowest BCUT2D eigenvalue weighted by atomic mass is 10.1. The van der Waals surface area contributed by atoms with Crippen LogP contribution in [0.2, 0.25) is 0 Å². The number of carbonyl (C=O) groups excluding carboxylic acids is 1. The van der Waals surface area contributed by atoms with Crippen LogP contribution in [0.15, 0.2) is 48.9 Å². The third-order valence-electron chi connectivity index (χ3n) is 2.93. The minimum atomic E-state index is 0.441. The lowest BCUT2D eigenvalue weighted by Gasteiger charge is -2.07. The van der Waals surface area contributed by atoms with Crippen molar-refractivity contribution in [3.8, 4) is 0 Å². The Morgan fingerprint density at radius 2 is 2.00 bits per heavy atom. The molecule has 0 fully saturated rings. The van der Waals surface area contributed by atoms with Gasteiger partial charge in [-0.25, -0.2) is 4.98 Å². The highest BCUT2D eigenvalue weighted by atomic mass is 16.1. The summed E-state index contributed by atoms with van der Waals surface area (Å²) in [6.45, 7) is 0.622. The number of carbonyl (C=O) groups is 1. The van der Waals surface area contributed by atoms with Gasteiger partial charge in [-0.2, -0.15) is 0 Å². The second-order valence-corrected chi connectivity index (χ2v) is 4.02. The number of rotatable bonds is 3. The monoisotopic (exact) mass is 237 g/mol. The molecule has 0 N–H and O–H groups in total. The summed E-state index contributed by atoms with van der Waals surface area (Å²) in [4.78, 5) is 19.2. The lowest BCUT2D eigenvalue weighted by Crippen LogP contribution is -2.04. The van der Waals surface area contributed by atoms with Gasteiger partial charge in [-0.05, 0) is 17.7 Å². The summed E-state index contributed by atoms with van der Waals surface area (Å²) in [7, 11) is 0. The Labute approximate surface area is 104 Å². The van der Waals surface area contributed by atoms with E-state index < -0.39 is 0 Å². The van der Waals surface area contributed by atoms with E-state index in [0.717, 1.165) is 22.8 Å². The molecule has 0 unspecified atom stereocenters. The van der Waals surface area contributed by atoms with Crippen LogP contribution in [0.1, 0.15) is 16.2 Å². The van der Waals surface area contributed by atoms with Gasteiger partial charge in [0.05, 0.1) is 5.52 Å². The molecule has 0 atom stereocenters. The van der Waals surface area contributed by atoms with Gasteiger partial charge in [-0.1, -0.05) is 18.2 Å². The van der Waals surface area contributed by atoms with Crippen LogP contribution in [-0.2, 0) is 6.54 Å². The quantitative estimate of drug-likeness (QED) is 0.657. The molecule has 0 aliphatic heterocycles. The maximum atomic E-state index is 10.8. The van der Waals surface area contributed by atoms with Gasteiger partial charge in [0.25, 0.3) is 0 Å². The van der Waals surface area contributed by atoms with Crippen LogP contribution in [0.5, 0.6) is 0 Å². The molecule has 4 nitrogen and oxygen atoms in total. The van der Waals surface area contributed by atoms with Gasteiger partial charge in [-0.3, -0.25) is 9.78 Å². The first kappa shape index (κ1) is 10.7. The molecule has 0 aliphatic carbocycles. The largest absolute Gasteiger partial charge is 0.324 e. The zero-order valence-electron chi connectivity index (χ0n) is 9.65. The van der Waals surface area contributed by atoms with Crippen molar-refractivity contribution in [1.29, 1.82) is 0 Å². The van der Waals surface area contributed by atoms with E-state index in [1.54, 1.807) is 18.6 Å². The normalized spacial score (nSPS) is 10.7. The molecule has 18 heavy (non-hydrogen) atoms. The van der Waals surface area contributed by atoms with Crippen LogP contribution in [-0.4, -0.2) is 20.8 Å². The van der Waals surface area contributed by atoms with Gasteiger partial charge in [-0.15, -0.1) is 0 Å². The van der Waals surface area contributed by atoms with Gasteiger partial charge in [0.15, 0.2) is 12.1 Å². The minimum absolute atomic E-state index is 0.441. The van der Waals surface area contributed by atoms with E-state index >= 15 is 0 Å². The maximum absolute atomic E-state index is 10.8. The smallest absolute Gasteiger partial charge is 0.185 e. The first-order chi connectivity index (χ1) is 8.88. The standard InChI is InChI=1S/C14H11N3O/c18-10-14-16-7-8-17(14)9-11-5-6-15-13-4-2-1-3-12(11)13/h1-8,10H,9H2. The highest BCUT2D eigenvalue weighted by molar-refractivity contribution is 5.81. The molecule has 88 valence electrons. The Hall–Kier alpha value is -2.49. The molecule has 0 saturated carbocycles. The van der Waals surface area contributed by atoms with Crippen LogP contribution >= 0.6 is 0 Å². The third-order valence-corrected chi connectivity index (χ3v) is 2.93. The van der Waals surface area contributed by atoms with Crippen LogP contribution in [0.3, 0.4) is 0 Å². The molecule has 2 heterocycles. The van der Waals surface area contributed by atoms with Crippen molar-refractivity contribution in [3.05, 3.63) is 60.3 Å². The first-order valence-corrected chi connectivity index (χ1v) is 5.67. The summed E-state index contributed by atoms with van der Waals surface area (Å²) in [5.74, 6) is 0.441. The van der Waals surface area contributed by atoms with Crippen LogP contribution in [0.4, 0.5) is 0 Å². The van der Waals surface area contributed by atoms with Gasteiger partial charge >= 0.3 is 0 Å². The first-order valence-electron chi connectivity index (χ1n) is 5.67. The topological polar surface area (TPSA) is 47.8 Å². The average Bonchev–Trinajstić information content (AvgIpc) is 2.86. The Morgan fingerprint density at radius 3 is 2.89 bits per heavy atom. The van der Waals surface area contributed by atoms with Crippen LogP contribution < -0.4 is 0 Å². The molecule has 0 amide bonds. The SMILES string of the molecule is O=Cc1nccn1Cc1ccnc2ccccc12. The van der Waals surface area contributed by atoms with Gasteiger partial charge in [0.1, 0.15) is 0 Å². The summed E-state index contributed by atoms with van der Waals surface area (Å²) in [5.41, 5.74) is 2.09. The summed E-state index contributed by atoms with van der Waals surface area (Å²) in [6, 6.07) is 9.94. The van der Waals surface area contributed by atoms with Crippen molar-refractivity contribution in [3.63, 3.8) is 0 Å². The van der Waals surface area contributed by atoms with Crippen molar-refractivity contribution in [2.24, 2.45) is 0 Å². The number of pyridine rings is 1. The number of hydrogen-bond donors (Lipinski definition) is 0. The number of imidazole rings is 1. The number of aldehydes is 1. The number of para-hydroxylation sites is 1. The maximum Gasteiger partial charge on any atom is 0.185 e. The second kappa shape index (κ2) is 4.41. The highest BCUT2D eigenvalue weighted by Crippen LogP contribution is 2.17. The Morgan fingerprint density at radius 1 is 1.11 bits per heavy atom. The molecule has 4 heteroatoms. The molecule has 0 spiro atoms. The molecule has 0 bridgehead atoms. The fraction of sp³-hybridized carbons (Fsp3) is 0.0714. The number of aromatic nitrogens is 3. The fourth-order valence-electron chi connectivity index (χ4n) is 2.05. The molecule has 0 saturated heterocycles. The summed E-state index contributed by atoms with van der Waals surface area (Å²) >= 11 is 0. The minimum Gasteiger partial charge on any atom is -0.324 e. The van der Waals surface area contributed by atoms with E-state index in [9.17, 15) is 4.79 Å². The Bertz CT molecular complexity index is 698. The van der Waals surface area contributed by atoms with Crippen LogP contribution in [0.25, 0.3) is 10.9 Å².